The molecule has 1 aliphatic heterocycles. The van der Waals surface area contributed by atoms with Gasteiger partial charge in [0.2, 0.25) is 0 Å². The third kappa shape index (κ3) is 4.68. The van der Waals surface area contributed by atoms with Gasteiger partial charge in [-0.3, -0.25) is 4.79 Å². The van der Waals surface area contributed by atoms with Crippen molar-refractivity contribution in [3.63, 3.8) is 0 Å². The normalized spacial score (nSPS) is 49.4. The molecule has 9 heteroatoms. The smallest absolute Gasteiger partial charge is 0.303 e. The first-order valence-electron chi connectivity index (χ1n) is 17.7. The number of carbonyl (C=O) groups excluding carboxylic acids is 1. The lowest BCUT2D eigenvalue weighted by molar-refractivity contribution is -0.243. The predicted molar refractivity (Wildman–Crippen MR) is 167 cm³/mol. The Morgan fingerprint density at radius 1 is 1.02 bits per heavy atom. The van der Waals surface area contributed by atoms with Crippen LogP contribution in [0.2, 0.25) is 0 Å². The van der Waals surface area contributed by atoms with Crippen molar-refractivity contribution in [3.05, 3.63) is 0 Å². The fraction of sp³-hybridized carbons (Fsp3) is 0.972. The molecule has 1 saturated heterocycles. The number of hydrogen-bond acceptors (Lipinski definition) is 9. The van der Waals surface area contributed by atoms with Crippen LogP contribution in [0, 0.1) is 50.7 Å². The van der Waals surface area contributed by atoms with E-state index in [-0.39, 0.29) is 70.9 Å². The molecule has 0 aromatic carbocycles. The predicted octanol–water partition coefficient (Wildman–Crippen LogP) is 4.21. The van der Waals surface area contributed by atoms with E-state index in [1.807, 2.05) is 0 Å². The third-order valence-corrected chi connectivity index (χ3v) is 15.0. The van der Waals surface area contributed by atoms with Crippen molar-refractivity contribution in [2.24, 2.45) is 50.7 Å². The molecule has 6 aliphatic rings. The van der Waals surface area contributed by atoms with Gasteiger partial charge in [-0.15, -0.1) is 0 Å². The van der Waals surface area contributed by atoms with Crippen LogP contribution >= 0.6 is 0 Å². The molecule has 6 rings (SSSR count). The zero-order chi connectivity index (χ0) is 33.0. The van der Waals surface area contributed by atoms with Crippen molar-refractivity contribution in [2.45, 2.75) is 149 Å². The molecule has 0 unspecified atom stereocenters. The van der Waals surface area contributed by atoms with Gasteiger partial charge in [-0.05, 0) is 111 Å². The van der Waals surface area contributed by atoms with Gasteiger partial charge in [0.15, 0.2) is 12.4 Å². The van der Waals surface area contributed by atoms with Crippen molar-refractivity contribution in [2.75, 3.05) is 19.8 Å². The number of carbonyl (C=O) groups is 1. The first-order valence-corrected chi connectivity index (χ1v) is 17.7. The van der Waals surface area contributed by atoms with Gasteiger partial charge in [-0.2, -0.15) is 0 Å². The van der Waals surface area contributed by atoms with E-state index < -0.39 is 36.2 Å². The minimum Gasteiger partial charge on any atom is -0.457 e. The quantitative estimate of drug-likeness (QED) is 0.217. The summed E-state index contributed by atoms with van der Waals surface area (Å²) in [5.74, 6) is 0.869. The largest absolute Gasteiger partial charge is 0.457 e. The van der Waals surface area contributed by atoms with Crippen LogP contribution in [-0.2, 0) is 23.7 Å². The number of aliphatic hydroxyl groups excluding tert-OH is 3. The SMILES string of the molecule is CC(=O)O[C@@H]([C@H]1C[C@@H](C)[C@@H]2[C@H](O1)[C@H](O)[C@@]1(C)[C@@H]3CC[C@H]4C(C)(C)[C@@H](O[C@@H](CO)OCCO)CC[C@@]45C[C@@]35CC[C@]21C)C(C)(C)O. The van der Waals surface area contributed by atoms with Crippen molar-refractivity contribution in [3.8, 4) is 0 Å². The Bertz CT molecular complexity index is 1140. The number of fused-ring (bicyclic) bond motifs is 4. The van der Waals surface area contributed by atoms with Crippen LogP contribution in [0.25, 0.3) is 0 Å². The fourth-order valence-electron chi connectivity index (χ4n) is 13.1. The van der Waals surface area contributed by atoms with Crippen molar-refractivity contribution < 1.29 is 44.2 Å². The standard InChI is InChI=1S/C36H60O9/c1-20-17-22(30(32(5,6)41)43-21(2)39)44-28-27(20)33(7)13-14-36-19-35(36)12-11-25(45-26(18-38)42-16-15-37)31(3,4)23(35)9-10-24(36)34(33,8)29(28)40/h20,22-30,37-38,40-41H,9-19H2,1-8H3/t20-,22-,23+,24+,25+,26+,27-,28+,29+,30+,33-,34-,35-,36+/m1/s1. The summed E-state index contributed by atoms with van der Waals surface area (Å²) in [6.07, 6.45) is 5.20. The highest BCUT2D eigenvalue weighted by molar-refractivity contribution is 5.66. The Morgan fingerprint density at radius 3 is 2.31 bits per heavy atom. The molecule has 9 nitrogen and oxygen atoms in total. The Morgan fingerprint density at radius 2 is 1.69 bits per heavy atom. The molecular formula is C36H60O9. The molecule has 0 bridgehead atoms. The maximum absolute atomic E-state index is 12.5. The zero-order valence-electron chi connectivity index (χ0n) is 28.9. The van der Waals surface area contributed by atoms with Gasteiger partial charge >= 0.3 is 5.97 Å². The zero-order valence-corrected chi connectivity index (χ0v) is 28.9. The van der Waals surface area contributed by atoms with Crippen LogP contribution in [-0.4, -0.2) is 88.6 Å². The van der Waals surface area contributed by atoms with Crippen molar-refractivity contribution >= 4 is 5.97 Å². The number of hydrogen-bond donors (Lipinski definition) is 4. The molecule has 0 aromatic heterocycles. The van der Waals surface area contributed by atoms with Crippen LogP contribution in [0.1, 0.15) is 107 Å². The Labute approximate surface area is 269 Å². The molecule has 0 radical (unpaired) electrons. The molecule has 45 heavy (non-hydrogen) atoms. The summed E-state index contributed by atoms with van der Waals surface area (Å²) in [7, 11) is 0. The van der Waals surface area contributed by atoms with Crippen LogP contribution in [0.4, 0.5) is 0 Å². The number of esters is 1. The van der Waals surface area contributed by atoms with Gasteiger partial charge in [-0.1, -0.05) is 34.6 Å². The van der Waals surface area contributed by atoms with Crippen LogP contribution in [0.3, 0.4) is 0 Å². The third-order valence-electron chi connectivity index (χ3n) is 15.0. The van der Waals surface area contributed by atoms with E-state index in [9.17, 15) is 25.2 Å². The molecule has 6 fully saturated rings. The fourth-order valence-corrected chi connectivity index (χ4v) is 13.1. The van der Waals surface area contributed by atoms with Gasteiger partial charge in [0.05, 0.1) is 49.8 Å². The minimum atomic E-state index is -1.27. The second kappa shape index (κ2) is 11.1. The van der Waals surface area contributed by atoms with Crippen LogP contribution in [0.15, 0.2) is 0 Å². The van der Waals surface area contributed by atoms with E-state index in [0.717, 1.165) is 32.1 Å². The number of ether oxygens (including phenoxy) is 4. The maximum atomic E-state index is 12.5. The van der Waals surface area contributed by atoms with E-state index in [2.05, 4.69) is 34.6 Å². The first-order chi connectivity index (χ1) is 20.9. The minimum absolute atomic E-state index is 0.0327. The van der Waals surface area contributed by atoms with Crippen LogP contribution < -0.4 is 0 Å². The summed E-state index contributed by atoms with van der Waals surface area (Å²) in [5.41, 5.74) is -1.35. The molecule has 5 aliphatic carbocycles. The van der Waals surface area contributed by atoms with E-state index in [0.29, 0.717) is 18.3 Å². The molecule has 1 heterocycles. The van der Waals surface area contributed by atoms with E-state index in [4.69, 9.17) is 18.9 Å². The molecule has 258 valence electrons. The van der Waals surface area contributed by atoms with Crippen molar-refractivity contribution in [1.29, 1.82) is 0 Å². The van der Waals surface area contributed by atoms with Gasteiger partial charge in [0.25, 0.3) is 0 Å². The van der Waals surface area contributed by atoms with E-state index >= 15 is 0 Å². The summed E-state index contributed by atoms with van der Waals surface area (Å²) in [6.45, 7) is 16.2. The average Bonchev–Trinajstić information content (AvgIpc) is 3.59. The molecule has 4 N–H and O–H groups in total. The topological polar surface area (TPSA) is 135 Å². The van der Waals surface area contributed by atoms with E-state index in [1.165, 1.54) is 19.8 Å². The molecular weight excluding hydrogens is 576 g/mol. The Kier molecular flexibility index (Phi) is 8.41. The second-order valence-electron chi connectivity index (χ2n) is 17.6. The lowest BCUT2D eigenvalue weighted by Crippen LogP contribution is -2.60. The average molecular weight is 637 g/mol. The highest BCUT2D eigenvalue weighted by Gasteiger charge is 2.84. The summed E-state index contributed by atoms with van der Waals surface area (Å²) in [5, 5.41) is 42.6. The van der Waals surface area contributed by atoms with Crippen LogP contribution in [0.5, 0.6) is 0 Å². The lowest BCUT2D eigenvalue weighted by atomic mass is 9.41. The second-order valence-corrected chi connectivity index (χ2v) is 17.6. The Hall–Kier alpha value is -0.810. The summed E-state index contributed by atoms with van der Waals surface area (Å²) < 4.78 is 24.5. The van der Waals surface area contributed by atoms with Gasteiger partial charge in [0.1, 0.15) is 0 Å². The first kappa shape index (κ1) is 34.1. The number of rotatable bonds is 9. The lowest BCUT2D eigenvalue weighted by Gasteiger charge is -2.63. The monoisotopic (exact) mass is 636 g/mol. The molecule has 0 amide bonds. The van der Waals surface area contributed by atoms with Gasteiger partial charge < -0.3 is 39.4 Å². The summed E-state index contributed by atoms with van der Waals surface area (Å²) in [6, 6.07) is 0. The molecule has 14 atom stereocenters. The van der Waals surface area contributed by atoms with Crippen molar-refractivity contribution in [1.82, 2.24) is 0 Å². The highest BCUT2D eigenvalue weighted by Crippen LogP contribution is 2.89. The van der Waals surface area contributed by atoms with Gasteiger partial charge in [-0.25, -0.2) is 0 Å². The molecule has 2 spiro atoms. The summed E-state index contributed by atoms with van der Waals surface area (Å²) >= 11 is 0. The highest BCUT2D eigenvalue weighted by atomic mass is 16.7. The number of aliphatic hydroxyl groups is 4. The van der Waals surface area contributed by atoms with Gasteiger partial charge in [0, 0.05) is 12.3 Å². The van der Waals surface area contributed by atoms with E-state index in [1.54, 1.807) is 13.8 Å². The molecule has 0 aromatic rings. The Balaban J connectivity index is 1.27. The summed E-state index contributed by atoms with van der Waals surface area (Å²) in [4.78, 5) is 12.0. The molecule has 5 saturated carbocycles. The maximum Gasteiger partial charge on any atom is 0.303 e.